The topological polar surface area (TPSA) is 0 Å². The van der Waals surface area contributed by atoms with Crippen molar-refractivity contribution in [3.63, 3.8) is 0 Å². The van der Waals surface area contributed by atoms with E-state index in [9.17, 15) is 0 Å². The summed E-state index contributed by atoms with van der Waals surface area (Å²) >= 11 is 0. The summed E-state index contributed by atoms with van der Waals surface area (Å²) in [6, 6.07) is 47.8. The minimum Gasteiger partial charge on any atom is -0.0622 e. The monoisotopic (exact) mass is 599 g/mol. The van der Waals surface area contributed by atoms with Gasteiger partial charge in [-0.2, -0.15) is 0 Å². The molecule has 1 aliphatic rings. The Bertz CT molecular complexity index is 2910. The molecule has 0 spiro atoms. The zero-order chi connectivity index (χ0) is 35.2. The van der Waals surface area contributed by atoms with Crippen LogP contribution in [0.5, 0.6) is 0 Å². The maximum absolute atomic E-state index is 8.95. The molecule has 0 fully saturated rings. The average Bonchev–Trinajstić information content (AvgIpc) is 3.58. The predicted octanol–water partition coefficient (Wildman–Crippen LogP) is 12.9. The molecule has 0 unspecified atom stereocenters. The Morgan fingerprint density at radius 1 is 0.362 bits per heavy atom. The van der Waals surface area contributed by atoms with Gasteiger partial charge in [-0.1, -0.05) is 164 Å². The minimum atomic E-state index is -0.391. The van der Waals surface area contributed by atoms with E-state index in [-0.39, 0.29) is 29.7 Å². The predicted molar refractivity (Wildman–Crippen MR) is 201 cm³/mol. The highest BCUT2D eigenvalue weighted by Crippen LogP contribution is 2.51. The fourth-order valence-electron chi connectivity index (χ4n) is 7.97. The molecule has 0 saturated carbocycles. The van der Waals surface area contributed by atoms with Crippen molar-refractivity contribution in [2.24, 2.45) is 0 Å². The van der Waals surface area contributed by atoms with E-state index in [0.29, 0.717) is 5.56 Å². The van der Waals surface area contributed by atoms with Gasteiger partial charge in [0, 0.05) is 0 Å². The second-order valence-electron chi connectivity index (χ2n) is 12.4. The molecule has 0 radical (unpaired) electrons. The third-order valence-corrected chi connectivity index (χ3v) is 9.94. The van der Waals surface area contributed by atoms with E-state index in [2.05, 4.69) is 103 Å². The van der Waals surface area contributed by atoms with Crippen molar-refractivity contribution < 1.29 is 6.85 Å². The summed E-state index contributed by atoms with van der Waals surface area (Å²) < 4.78 is 43.2. The highest BCUT2D eigenvalue weighted by molar-refractivity contribution is 6.23. The molecule has 9 aromatic carbocycles. The van der Waals surface area contributed by atoms with Gasteiger partial charge >= 0.3 is 0 Å². The lowest BCUT2D eigenvalue weighted by Gasteiger charge is -2.20. The summed E-state index contributed by atoms with van der Waals surface area (Å²) in [6.07, 6.45) is 0.833. The van der Waals surface area contributed by atoms with Gasteiger partial charge in [0.15, 0.2) is 0 Å². The Kier molecular flexibility index (Phi) is 4.74. The van der Waals surface area contributed by atoms with Gasteiger partial charge < -0.3 is 0 Å². The van der Waals surface area contributed by atoms with Gasteiger partial charge in [-0.15, -0.1) is 0 Å². The van der Waals surface area contributed by atoms with Crippen LogP contribution in [0.1, 0.15) is 18.0 Å². The Labute approximate surface area is 281 Å². The molecule has 0 aromatic heterocycles. The molecule has 1 aliphatic carbocycles. The molecule has 0 nitrogen and oxygen atoms in total. The summed E-state index contributed by atoms with van der Waals surface area (Å²) in [5.74, 6) is 0. The van der Waals surface area contributed by atoms with E-state index in [1.807, 2.05) is 36.4 Å². The van der Waals surface area contributed by atoms with Gasteiger partial charge in [0.25, 0.3) is 0 Å². The maximum Gasteiger partial charge on any atom is 0.0629 e. The van der Waals surface area contributed by atoms with Gasteiger partial charge in [-0.3, -0.25) is 0 Å². The second-order valence-corrected chi connectivity index (χ2v) is 12.4. The third kappa shape index (κ3) is 3.95. The van der Waals surface area contributed by atoms with E-state index in [0.717, 1.165) is 39.1 Å². The summed E-state index contributed by atoms with van der Waals surface area (Å²) in [5, 5.41) is 8.56. The highest BCUT2D eigenvalue weighted by atomic mass is 14.3. The largest absolute Gasteiger partial charge is 0.0629 e. The fraction of sp³-hybridized carbons (Fsp3) is 0.0213. The Morgan fingerprint density at radius 3 is 1.57 bits per heavy atom. The first-order chi connectivity index (χ1) is 25.4. The van der Waals surface area contributed by atoms with Crippen LogP contribution in [-0.2, 0) is 6.42 Å². The van der Waals surface area contributed by atoms with Crippen molar-refractivity contribution >= 4 is 43.1 Å². The van der Waals surface area contributed by atoms with Crippen molar-refractivity contribution in [3.05, 3.63) is 181 Å². The van der Waals surface area contributed by atoms with Gasteiger partial charge in [0.1, 0.15) is 0 Å². The van der Waals surface area contributed by atoms with Gasteiger partial charge in [-0.25, -0.2) is 0 Å². The second kappa shape index (κ2) is 10.3. The fourth-order valence-corrected chi connectivity index (χ4v) is 7.97. The lowest BCUT2D eigenvalue weighted by atomic mass is 9.82. The first-order valence-corrected chi connectivity index (χ1v) is 16.1. The van der Waals surface area contributed by atoms with Crippen molar-refractivity contribution in [2.75, 3.05) is 0 Å². The summed E-state index contributed by atoms with van der Waals surface area (Å²) in [4.78, 5) is 0. The number of rotatable bonds is 3. The molecule has 0 N–H and O–H groups in total. The zero-order valence-corrected chi connectivity index (χ0v) is 25.5. The lowest BCUT2D eigenvalue weighted by molar-refractivity contribution is 1.26. The van der Waals surface area contributed by atoms with E-state index in [4.69, 9.17) is 6.85 Å². The summed E-state index contributed by atoms with van der Waals surface area (Å²) in [5.41, 5.74) is 10.5. The minimum absolute atomic E-state index is 0.198. The van der Waals surface area contributed by atoms with Crippen LogP contribution in [0.15, 0.2) is 170 Å². The molecule has 0 aliphatic heterocycles. The number of benzene rings is 9. The van der Waals surface area contributed by atoms with Crippen molar-refractivity contribution in [3.8, 4) is 44.5 Å². The van der Waals surface area contributed by atoms with Crippen LogP contribution in [0.4, 0.5) is 0 Å². The van der Waals surface area contributed by atoms with E-state index in [1.54, 1.807) is 0 Å². The first-order valence-electron chi connectivity index (χ1n) is 18.6. The molecular weight excluding hydrogens is 565 g/mol. The molecule has 9 aromatic rings. The van der Waals surface area contributed by atoms with Crippen LogP contribution in [0.2, 0.25) is 0 Å². The van der Waals surface area contributed by atoms with Crippen molar-refractivity contribution in [1.29, 1.82) is 0 Å². The van der Waals surface area contributed by atoms with Gasteiger partial charge in [0.2, 0.25) is 0 Å². The van der Waals surface area contributed by atoms with Crippen LogP contribution < -0.4 is 0 Å². The maximum atomic E-state index is 8.95. The normalized spacial score (nSPS) is 13.7. The molecule has 0 bridgehead atoms. The van der Waals surface area contributed by atoms with Crippen LogP contribution in [-0.4, -0.2) is 0 Å². The smallest absolute Gasteiger partial charge is 0.0622 e. The quantitative estimate of drug-likeness (QED) is 0.140. The molecule has 0 heterocycles. The molecule has 0 atom stereocenters. The molecular formula is C47H30. The molecule has 10 rings (SSSR count). The summed E-state index contributed by atoms with van der Waals surface area (Å²) in [6.45, 7) is 0. The lowest BCUT2D eigenvalue weighted by Crippen LogP contribution is -1.94. The van der Waals surface area contributed by atoms with Gasteiger partial charge in [-0.05, 0) is 111 Å². The Balaban J connectivity index is 1.28. The van der Waals surface area contributed by atoms with Gasteiger partial charge in [0.05, 0.1) is 6.85 Å². The Morgan fingerprint density at radius 2 is 0.894 bits per heavy atom. The van der Waals surface area contributed by atoms with E-state index in [1.165, 1.54) is 54.9 Å². The number of hydrogen-bond acceptors (Lipinski definition) is 0. The third-order valence-electron chi connectivity index (χ3n) is 9.94. The highest BCUT2D eigenvalue weighted by Gasteiger charge is 2.27. The first kappa shape index (κ1) is 21.7. The molecule has 0 amide bonds. The zero-order valence-electron chi connectivity index (χ0n) is 30.5. The van der Waals surface area contributed by atoms with Crippen LogP contribution >= 0.6 is 0 Å². The molecule has 0 heteroatoms. The SMILES string of the molecule is [2H]c1c([2H])c([2H])c(-c2c3ccccc3c(-c3cccc4c3-c3c(cccc3-c3ccc5ccc6ccccc6c5c3)C4)c3ccccc23)c([2H])c1[2H]. The molecule has 47 heavy (non-hydrogen) atoms. The van der Waals surface area contributed by atoms with Crippen LogP contribution in [0.25, 0.3) is 87.6 Å². The molecule has 218 valence electrons. The van der Waals surface area contributed by atoms with Crippen molar-refractivity contribution in [1.82, 2.24) is 0 Å². The number of hydrogen-bond donors (Lipinski definition) is 0. The van der Waals surface area contributed by atoms with Crippen LogP contribution in [0, 0.1) is 0 Å². The van der Waals surface area contributed by atoms with Crippen LogP contribution in [0.3, 0.4) is 0 Å². The average molecular weight is 600 g/mol. The summed E-state index contributed by atoms with van der Waals surface area (Å²) in [7, 11) is 0. The van der Waals surface area contributed by atoms with Crippen molar-refractivity contribution in [2.45, 2.75) is 6.42 Å². The Hall–Kier alpha value is -5.98. The van der Waals surface area contributed by atoms with E-state index < -0.39 is 6.04 Å². The molecule has 0 saturated heterocycles. The number of fused-ring (bicyclic) bond motifs is 8. The van der Waals surface area contributed by atoms with E-state index >= 15 is 0 Å². The standard InChI is InChI=1S/C47H30/c1-2-13-32(14-3-1)44-38-18-6-8-20-40(38)47(41-21-9-7-19-39(41)44)42-23-11-16-35-28-34-15-10-22-37(45(34)46(35)42)33-27-26-31-25-24-30-12-4-5-17-36(30)43(31)29-33/h1-27,29H,28H2/i1D,2D,3D,13D,14D.